The van der Waals surface area contributed by atoms with Crippen LogP contribution in [-0.4, -0.2) is 38.2 Å². The zero-order valence-corrected chi connectivity index (χ0v) is 15.0. The highest BCUT2D eigenvalue weighted by Crippen LogP contribution is 2.48. The molecule has 0 amide bonds. The minimum atomic E-state index is -0.175. The molecule has 1 unspecified atom stereocenters. The predicted molar refractivity (Wildman–Crippen MR) is 103 cm³/mol. The van der Waals surface area contributed by atoms with Gasteiger partial charge >= 0.3 is 0 Å². The summed E-state index contributed by atoms with van der Waals surface area (Å²) in [6.45, 7) is 1.41. The van der Waals surface area contributed by atoms with Crippen LogP contribution in [0, 0.1) is 0 Å². The van der Waals surface area contributed by atoms with Crippen molar-refractivity contribution in [1.82, 2.24) is 4.98 Å². The Balaban J connectivity index is 1.66. The molecule has 3 heterocycles. The third kappa shape index (κ3) is 2.07. The second-order valence-electron chi connectivity index (χ2n) is 7.05. The van der Waals surface area contributed by atoms with Crippen LogP contribution in [0.4, 0.5) is 5.69 Å². The highest BCUT2D eigenvalue weighted by molar-refractivity contribution is 6.11. The van der Waals surface area contributed by atoms with Crippen molar-refractivity contribution in [1.29, 1.82) is 0 Å². The van der Waals surface area contributed by atoms with Gasteiger partial charge in [0.15, 0.2) is 0 Å². The molecule has 26 heavy (non-hydrogen) atoms. The van der Waals surface area contributed by atoms with Crippen molar-refractivity contribution in [2.75, 3.05) is 32.7 Å². The standard InChI is InChI=1S/C21H21N3O2/c1-22-20-21(6-7-26-12-21)16-10-19(25-2)15(9-18(16)24-20)17-8-13-4-3-5-14(13)11-23-17/h3,5,8-11H,4,6-7,12H2,1-2H3,(H,22,24). The van der Waals surface area contributed by atoms with E-state index in [1.54, 1.807) is 7.11 Å². The summed E-state index contributed by atoms with van der Waals surface area (Å²) in [7, 11) is 3.55. The van der Waals surface area contributed by atoms with Crippen LogP contribution in [0.5, 0.6) is 5.75 Å². The summed E-state index contributed by atoms with van der Waals surface area (Å²) in [6, 6.07) is 6.44. The molecule has 1 saturated heterocycles. The summed E-state index contributed by atoms with van der Waals surface area (Å²) in [5, 5.41) is 3.51. The average Bonchev–Trinajstić information content (AvgIpc) is 3.40. The number of fused-ring (bicyclic) bond motifs is 3. The molecule has 2 aromatic rings. The minimum absolute atomic E-state index is 0.175. The summed E-state index contributed by atoms with van der Waals surface area (Å²) >= 11 is 0. The molecule has 0 bridgehead atoms. The number of hydrogen-bond donors (Lipinski definition) is 1. The molecule has 132 valence electrons. The molecule has 1 aliphatic carbocycles. The lowest BCUT2D eigenvalue weighted by Gasteiger charge is -2.22. The van der Waals surface area contributed by atoms with Crippen LogP contribution in [-0.2, 0) is 16.6 Å². The number of aromatic nitrogens is 1. The fourth-order valence-electron chi connectivity index (χ4n) is 4.35. The Kier molecular flexibility index (Phi) is 3.40. The monoisotopic (exact) mass is 347 g/mol. The minimum Gasteiger partial charge on any atom is -0.496 e. The van der Waals surface area contributed by atoms with E-state index >= 15 is 0 Å². The van der Waals surface area contributed by atoms with Gasteiger partial charge in [-0.3, -0.25) is 9.98 Å². The van der Waals surface area contributed by atoms with Gasteiger partial charge in [-0.05, 0) is 47.7 Å². The van der Waals surface area contributed by atoms with Gasteiger partial charge in [0.25, 0.3) is 0 Å². The van der Waals surface area contributed by atoms with E-state index < -0.39 is 0 Å². The number of nitrogens with one attached hydrogen (secondary N) is 1. The molecule has 1 fully saturated rings. The van der Waals surface area contributed by atoms with Gasteiger partial charge in [-0.1, -0.05) is 12.2 Å². The first kappa shape index (κ1) is 15.6. The Morgan fingerprint density at radius 3 is 3.00 bits per heavy atom. The zero-order chi connectivity index (χ0) is 17.7. The largest absolute Gasteiger partial charge is 0.496 e. The second kappa shape index (κ2) is 5.68. The Morgan fingerprint density at radius 1 is 1.31 bits per heavy atom. The third-order valence-corrected chi connectivity index (χ3v) is 5.74. The van der Waals surface area contributed by atoms with Crippen molar-refractivity contribution in [2.24, 2.45) is 4.99 Å². The van der Waals surface area contributed by atoms with Crippen LogP contribution in [0.1, 0.15) is 23.1 Å². The lowest BCUT2D eigenvalue weighted by Crippen LogP contribution is -2.35. The molecule has 3 aliphatic rings. The quantitative estimate of drug-likeness (QED) is 0.904. The third-order valence-electron chi connectivity index (χ3n) is 5.74. The molecule has 0 saturated carbocycles. The van der Waals surface area contributed by atoms with E-state index in [1.165, 1.54) is 16.7 Å². The maximum absolute atomic E-state index is 5.75. The number of amidine groups is 1. The highest BCUT2D eigenvalue weighted by Gasteiger charge is 2.48. The van der Waals surface area contributed by atoms with Gasteiger partial charge in [-0.15, -0.1) is 0 Å². The van der Waals surface area contributed by atoms with E-state index in [0.29, 0.717) is 6.61 Å². The highest BCUT2D eigenvalue weighted by atomic mass is 16.5. The van der Waals surface area contributed by atoms with Crippen molar-refractivity contribution >= 4 is 17.6 Å². The molecule has 1 N–H and O–H groups in total. The van der Waals surface area contributed by atoms with Crippen molar-refractivity contribution in [3.63, 3.8) is 0 Å². The number of rotatable bonds is 2. The van der Waals surface area contributed by atoms with Crippen LogP contribution < -0.4 is 10.1 Å². The average molecular weight is 347 g/mol. The fourth-order valence-corrected chi connectivity index (χ4v) is 4.35. The summed E-state index contributed by atoms with van der Waals surface area (Å²) < 4.78 is 11.5. The molecule has 5 rings (SSSR count). The van der Waals surface area contributed by atoms with E-state index in [9.17, 15) is 0 Å². The Hall–Kier alpha value is -2.66. The molecular weight excluding hydrogens is 326 g/mol. The Morgan fingerprint density at radius 2 is 2.23 bits per heavy atom. The van der Waals surface area contributed by atoms with E-state index in [-0.39, 0.29) is 5.41 Å². The number of hydrogen-bond acceptors (Lipinski definition) is 4. The SMILES string of the molecule is CN=C1Nc2cc(-c3cc4c(cn3)C=CC4)c(OC)cc2C12CCOC2. The predicted octanol–water partition coefficient (Wildman–Crippen LogP) is 3.44. The van der Waals surface area contributed by atoms with Crippen LogP contribution in [0.15, 0.2) is 35.5 Å². The van der Waals surface area contributed by atoms with Gasteiger partial charge < -0.3 is 14.8 Å². The maximum atomic E-state index is 5.75. The first-order valence-electron chi connectivity index (χ1n) is 8.95. The number of methoxy groups -OCH3 is 1. The van der Waals surface area contributed by atoms with Gasteiger partial charge in [0.1, 0.15) is 11.6 Å². The topological polar surface area (TPSA) is 55.7 Å². The number of anilines is 1. The summed E-state index contributed by atoms with van der Waals surface area (Å²) in [5.74, 6) is 1.82. The maximum Gasteiger partial charge on any atom is 0.128 e. The lowest BCUT2D eigenvalue weighted by atomic mass is 9.80. The number of nitrogens with zero attached hydrogens (tertiary/aromatic N) is 2. The van der Waals surface area contributed by atoms with Crippen LogP contribution in [0.2, 0.25) is 0 Å². The Labute approximate surface area is 152 Å². The lowest BCUT2D eigenvalue weighted by molar-refractivity contribution is 0.188. The Bertz CT molecular complexity index is 956. The number of ether oxygens (including phenoxy) is 2. The fraction of sp³-hybridized carbons (Fsp3) is 0.333. The summed E-state index contributed by atoms with van der Waals surface area (Å²) in [5.41, 5.74) is 6.56. The van der Waals surface area contributed by atoms with E-state index in [2.05, 4.69) is 45.6 Å². The summed E-state index contributed by atoms with van der Waals surface area (Å²) in [4.78, 5) is 9.17. The smallest absolute Gasteiger partial charge is 0.128 e. The number of pyridine rings is 1. The van der Waals surface area contributed by atoms with Crippen LogP contribution in [0.3, 0.4) is 0 Å². The molecule has 1 aromatic carbocycles. The zero-order valence-electron chi connectivity index (χ0n) is 15.0. The molecular formula is C21H21N3O2. The molecule has 0 radical (unpaired) electrons. The number of benzene rings is 1. The molecule has 1 aromatic heterocycles. The molecule has 1 spiro atoms. The molecule has 5 heteroatoms. The van der Waals surface area contributed by atoms with Gasteiger partial charge in [-0.2, -0.15) is 0 Å². The van der Waals surface area contributed by atoms with Gasteiger partial charge in [0.2, 0.25) is 0 Å². The van der Waals surface area contributed by atoms with Crippen molar-refractivity contribution in [3.8, 4) is 17.0 Å². The number of allylic oxidation sites excluding steroid dienone is 1. The second-order valence-corrected chi connectivity index (χ2v) is 7.05. The van der Waals surface area contributed by atoms with Crippen molar-refractivity contribution in [3.05, 3.63) is 47.2 Å². The first-order valence-corrected chi connectivity index (χ1v) is 8.95. The van der Waals surface area contributed by atoms with E-state index in [4.69, 9.17) is 9.47 Å². The van der Waals surface area contributed by atoms with Crippen LogP contribution >= 0.6 is 0 Å². The van der Waals surface area contributed by atoms with E-state index in [0.717, 1.165) is 48.0 Å². The van der Waals surface area contributed by atoms with Crippen molar-refractivity contribution in [2.45, 2.75) is 18.3 Å². The summed E-state index contributed by atoms with van der Waals surface area (Å²) in [6.07, 6.45) is 8.14. The van der Waals surface area contributed by atoms with Gasteiger partial charge in [0, 0.05) is 31.1 Å². The van der Waals surface area contributed by atoms with Crippen molar-refractivity contribution < 1.29 is 9.47 Å². The van der Waals surface area contributed by atoms with E-state index in [1.807, 2.05) is 13.2 Å². The molecule has 1 atom stereocenters. The molecule has 5 nitrogen and oxygen atoms in total. The van der Waals surface area contributed by atoms with Gasteiger partial charge in [-0.25, -0.2) is 0 Å². The number of aliphatic imine (C=N–C) groups is 1. The normalized spacial score (nSPS) is 24.2. The van der Waals surface area contributed by atoms with Crippen LogP contribution in [0.25, 0.3) is 17.3 Å². The van der Waals surface area contributed by atoms with Gasteiger partial charge in [0.05, 0.1) is 24.8 Å². The first-order chi connectivity index (χ1) is 12.7. The molecule has 2 aliphatic heterocycles.